The van der Waals surface area contributed by atoms with E-state index in [0.717, 1.165) is 44.9 Å². The molecule has 0 spiro atoms. The Kier molecular flexibility index (Phi) is 5.46. The van der Waals surface area contributed by atoms with E-state index >= 15 is 0 Å². The zero-order valence-electron chi connectivity index (χ0n) is 17.9. The molecule has 10 atom stereocenters. The van der Waals surface area contributed by atoms with E-state index in [1.807, 2.05) is 0 Å². The first-order chi connectivity index (χ1) is 13.2. The molecule has 4 rings (SSSR count). The highest BCUT2D eigenvalue weighted by Gasteiger charge is 2.65. The second kappa shape index (κ2) is 7.35. The van der Waals surface area contributed by atoms with Gasteiger partial charge in [0.1, 0.15) is 5.78 Å². The molecule has 0 aromatic carbocycles. The molecule has 0 unspecified atom stereocenters. The van der Waals surface area contributed by atoms with Crippen molar-refractivity contribution in [3.8, 4) is 0 Å². The number of rotatable bonds is 4. The maximum Gasteiger partial charge on any atom is 0.133 e. The maximum atomic E-state index is 12.1. The molecule has 160 valence electrons. The lowest BCUT2D eigenvalue weighted by Crippen LogP contribution is -2.62. The summed E-state index contributed by atoms with van der Waals surface area (Å²) in [4.78, 5) is 12.1. The highest BCUT2D eigenvalue weighted by Crippen LogP contribution is 2.68. The van der Waals surface area contributed by atoms with Crippen LogP contribution in [-0.2, 0) is 4.79 Å². The number of ketones is 1. The predicted octanol–water partition coefficient (Wildman–Crippen LogP) is 3.56. The summed E-state index contributed by atoms with van der Waals surface area (Å²) in [6, 6.07) is 0. The average molecular weight is 393 g/mol. The summed E-state index contributed by atoms with van der Waals surface area (Å²) in [7, 11) is 0. The van der Waals surface area contributed by atoms with Crippen LogP contribution < -0.4 is 0 Å². The van der Waals surface area contributed by atoms with Gasteiger partial charge in [0.25, 0.3) is 0 Å². The van der Waals surface area contributed by atoms with Crippen molar-refractivity contribution in [1.82, 2.24) is 0 Å². The average Bonchev–Trinajstić information content (AvgIpc) is 3.01. The first-order valence-electron chi connectivity index (χ1n) is 11.7. The van der Waals surface area contributed by atoms with Gasteiger partial charge in [0.15, 0.2) is 0 Å². The number of carbonyl (C=O) groups is 1. The van der Waals surface area contributed by atoms with Crippen molar-refractivity contribution in [2.75, 3.05) is 6.61 Å². The molecule has 4 saturated carbocycles. The standard InChI is InChI=1S/C24H40O4/c1-14(5-4-10-25)17-6-7-18-22-19(13-21(28)24(17,18)3)23(2)9-8-16(26)11-15(23)12-20(22)27/h14-15,17-22,25,27-28H,4-13H2,1-3H3/t14-,15+,17-,18+,19+,20-,21+,22+,23+,24-/m1/s1. The van der Waals surface area contributed by atoms with Crippen molar-refractivity contribution in [3.63, 3.8) is 0 Å². The monoisotopic (exact) mass is 392 g/mol. The molecule has 4 fully saturated rings. The predicted molar refractivity (Wildman–Crippen MR) is 108 cm³/mol. The Hall–Kier alpha value is -0.450. The van der Waals surface area contributed by atoms with Crippen molar-refractivity contribution < 1.29 is 20.1 Å². The first kappa shape index (κ1) is 20.8. The van der Waals surface area contributed by atoms with Gasteiger partial charge in [0.05, 0.1) is 12.2 Å². The number of fused-ring (bicyclic) bond motifs is 5. The van der Waals surface area contributed by atoms with Gasteiger partial charge in [-0.25, -0.2) is 0 Å². The SMILES string of the molecule is C[C@H](CCCO)[C@H]1CC[C@H]2[C@@H]3[C@H](O)C[C@@H]4CC(=O)CC[C@]4(C)[C@H]3C[C@H](O)[C@]12C. The minimum Gasteiger partial charge on any atom is -0.396 e. The molecule has 0 radical (unpaired) electrons. The smallest absolute Gasteiger partial charge is 0.133 e. The zero-order valence-corrected chi connectivity index (χ0v) is 17.9. The second-order valence-electron chi connectivity index (χ2n) is 11.2. The van der Waals surface area contributed by atoms with Crippen molar-refractivity contribution in [3.05, 3.63) is 0 Å². The van der Waals surface area contributed by atoms with Crippen LogP contribution in [0.2, 0.25) is 0 Å². The Bertz CT molecular complexity index is 605. The van der Waals surface area contributed by atoms with E-state index in [2.05, 4.69) is 20.8 Å². The van der Waals surface area contributed by atoms with Gasteiger partial charge in [0, 0.05) is 19.4 Å². The van der Waals surface area contributed by atoms with Crippen LogP contribution in [0, 0.1) is 46.3 Å². The fraction of sp³-hybridized carbons (Fsp3) is 0.958. The van der Waals surface area contributed by atoms with Gasteiger partial charge in [-0.3, -0.25) is 4.79 Å². The van der Waals surface area contributed by atoms with E-state index in [-0.39, 0.29) is 41.5 Å². The molecule has 0 aromatic heterocycles. The van der Waals surface area contributed by atoms with Crippen LogP contribution in [0.5, 0.6) is 0 Å². The molecule has 0 aromatic rings. The van der Waals surface area contributed by atoms with Crippen LogP contribution in [0.15, 0.2) is 0 Å². The van der Waals surface area contributed by atoms with Gasteiger partial charge in [0.2, 0.25) is 0 Å². The van der Waals surface area contributed by atoms with Crippen LogP contribution in [0.25, 0.3) is 0 Å². The van der Waals surface area contributed by atoms with Gasteiger partial charge >= 0.3 is 0 Å². The summed E-state index contributed by atoms with van der Waals surface area (Å²) >= 11 is 0. The molecule has 28 heavy (non-hydrogen) atoms. The van der Waals surface area contributed by atoms with Crippen LogP contribution in [0.3, 0.4) is 0 Å². The van der Waals surface area contributed by atoms with E-state index in [1.165, 1.54) is 0 Å². The molecular weight excluding hydrogens is 352 g/mol. The summed E-state index contributed by atoms with van der Waals surface area (Å²) in [5.41, 5.74) is -0.0502. The minimum atomic E-state index is -0.336. The fourth-order valence-corrected chi connectivity index (χ4v) is 8.56. The highest BCUT2D eigenvalue weighted by atomic mass is 16.3. The van der Waals surface area contributed by atoms with Crippen LogP contribution in [-0.4, -0.2) is 39.9 Å². The van der Waals surface area contributed by atoms with E-state index in [9.17, 15) is 20.1 Å². The lowest BCUT2D eigenvalue weighted by atomic mass is 9.43. The van der Waals surface area contributed by atoms with Crippen molar-refractivity contribution in [1.29, 1.82) is 0 Å². The molecule has 0 bridgehead atoms. The van der Waals surface area contributed by atoms with Crippen LogP contribution in [0.4, 0.5) is 0 Å². The van der Waals surface area contributed by atoms with Gasteiger partial charge in [-0.1, -0.05) is 20.8 Å². The van der Waals surface area contributed by atoms with E-state index in [1.54, 1.807) is 0 Å². The van der Waals surface area contributed by atoms with E-state index < -0.39 is 0 Å². The second-order valence-corrected chi connectivity index (χ2v) is 11.2. The van der Waals surface area contributed by atoms with Crippen molar-refractivity contribution in [2.24, 2.45) is 46.3 Å². The molecule has 0 aliphatic heterocycles. The third kappa shape index (κ3) is 2.93. The van der Waals surface area contributed by atoms with Crippen LogP contribution >= 0.6 is 0 Å². The van der Waals surface area contributed by atoms with Gasteiger partial charge in [-0.15, -0.1) is 0 Å². The zero-order chi connectivity index (χ0) is 20.3. The van der Waals surface area contributed by atoms with Crippen molar-refractivity contribution >= 4 is 5.78 Å². The summed E-state index contributed by atoms with van der Waals surface area (Å²) in [5.74, 6) is 2.55. The fourth-order valence-electron chi connectivity index (χ4n) is 8.56. The molecule has 0 heterocycles. The molecule has 4 nitrogen and oxygen atoms in total. The summed E-state index contributed by atoms with van der Waals surface area (Å²) in [6.45, 7) is 7.16. The Morgan fingerprint density at radius 2 is 1.89 bits per heavy atom. The third-order valence-electron chi connectivity index (χ3n) is 10.2. The summed E-state index contributed by atoms with van der Waals surface area (Å²) in [5, 5.41) is 31.9. The first-order valence-corrected chi connectivity index (χ1v) is 11.7. The topological polar surface area (TPSA) is 77.8 Å². The number of carbonyl (C=O) groups excluding carboxylic acids is 1. The number of Topliss-reactive ketones (excluding diaryl/α,β-unsaturated/α-hetero) is 1. The summed E-state index contributed by atoms with van der Waals surface area (Å²) < 4.78 is 0. The number of hydrogen-bond acceptors (Lipinski definition) is 4. The molecular formula is C24H40O4. The normalized spacial score (nSPS) is 51.9. The molecule has 0 amide bonds. The van der Waals surface area contributed by atoms with Crippen molar-refractivity contribution in [2.45, 2.75) is 90.8 Å². The number of hydrogen-bond donors (Lipinski definition) is 3. The van der Waals surface area contributed by atoms with Gasteiger partial charge in [-0.05, 0) is 91.3 Å². The molecule has 4 heteroatoms. The Balaban J connectivity index is 1.63. The summed E-state index contributed by atoms with van der Waals surface area (Å²) in [6.07, 6.45) is 7.15. The Morgan fingerprint density at radius 3 is 2.61 bits per heavy atom. The largest absolute Gasteiger partial charge is 0.396 e. The quantitative estimate of drug-likeness (QED) is 0.683. The molecule has 4 aliphatic carbocycles. The highest BCUT2D eigenvalue weighted by molar-refractivity contribution is 5.79. The van der Waals surface area contributed by atoms with E-state index in [4.69, 9.17) is 0 Å². The van der Waals surface area contributed by atoms with E-state index in [0.29, 0.717) is 42.3 Å². The molecule has 0 saturated heterocycles. The lowest BCUT2D eigenvalue weighted by molar-refractivity contribution is -0.201. The third-order valence-corrected chi connectivity index (χ3v) is 10.2. The number of aliphatic hydroxyl groups excluding tert-OH is 3. The molecule has 4 aliphatic rings. The maximum absolute atomic E-state index is 12.1. The Morgan fingerprint density at radius 1 is 1.14 bits per heavy atom. The van der Waals surface area contributed by atoms with Gasteiger partial charge < -0.3 is 15.3 Å². The minimum absolute atomic E-state index is 0.0840. The molecule has 3 N–H and O–H groups in total. The lowest BCUT2D eigenvalue weighted by Gasteiger charge is -2.63. The van der Waals surface area contributed by atoms with Crippen LogP contribution in [0.1, 0.15) is 78.6 Å². The number of aliphatic hydroxyl groups is 3. The van der Waals surface area contributed by atoms with Gasteiger partial charge in [-0.2, -0.15) is 0 Å². The Labute approximate surface area is 170 Å².